The highest BCUT2D eigenvalue weighted by Crippen LogP contribution is 2.25. The molecule has 1 saturated heterocycles. The van der Waals surface area contributed by atoms with Gasteiger partial charge in [-0.2, -0.15) is 4.31 Å². The Kier molecular flexibility index (Phi) is 5.44. The van der Waals surface area contributed by atoms with E-state index in [1.807, 2.05) is 32.0 Å². The molecular formula is C20H27N3O3S. The van der Waals surface area contributed by atoms with Crippen LogP contribution < -0.4 is 5.32 Å². The number of hydrogen-bond acceptors (Lipinski definition) is 3. The van der Waals surface area contributed by atoms with Gasteiger partial charge in [0.1, 0.15) is 10.6 Å². The van der Waals surface area contributed by atoms with Crippen LogP contribution >= 0.6 is 0 Å². The summed E-state index contributed by atoms with van der Waals surface area (Å²) in [5.41, 5.74) is 3.13. The number of rotatable bonds is 4. The molecule has 1 fully saturated rings. The third kappa shape index (κ3) is 4.25. The Balaban J connectivity index is 1.84. The van der Waals surface area contributed by atoms with E-state index in [-0.39, 0.29) is 10.8 Å². The molecule has 2 aromatic rings. The van der Waals surface area contributed by atoms with Crippen LogP contribution in [0.1, 0.15) is 41.4 Å². The predicted octanol–water partition coefficient (Wildman–Crippen LogP) is 3.31. The molecule has 3 rings (SSSR count). The zero-order valence-corrected chi connectivity index (χ0v) is 17.1. The summed E-state index contributed by atoms with van der Waals surface area (Å²) in [5.74, 6) is 0.0283. The number of hydrogen-bond donors (Lipinski definition) is 1. The number of carbonyl (C=O) groups excluding carboxylic acids is 1. The number of nitrogens with zero attached hydrogens (tertiary/aromatic N) is 2. The Bertz CT molecular complexity index is 943. The van der Waals surface area contributed by atoms with Gasteiger partial charge in [-0.1, -0.05) is 13.0 Å². The standard InChI is InChI=1S/C20H27N3O3S/c1-14-6-5-7-23(12-14)27(25,26)18-11-19(22(4)13-18)20(24)21-17-9-15(2)8-16(3)10-17/h8-11,13-14H,5-7,12H2,1-4H3,(H,21,24)/t14-/m1/s1. The number of carbonyl (C=O) groups is 1. The zero-order chi connectivity index (χ0) is 19.8. The van der Waals surface area contributed by atoms with Crippen LogP contribution in [0.5, 0.6) is 0 Å². The smallest absolute Gasteiger partial charge is 0.272 e. The van der Waals surface area contributed by atoms with Crippen LogP contribution in [-0.4, -0.2) is 36.3 Å². The monoisotopic (exact) mass is 389 g/mol. The molecule has 1 aromatic carbocycles. The summed E-state index contributed by atoms with van der Waals surface area (Å²) in [6.45, 7) is 7.06. The van der Waals surface area contributed by atoms with E-state index in [1.165, 1.54) is 16.6 Å². The van der Waals surface area contributed by atoms with E-state index < -0.39 is 10.0 Å². The van der Waals surface area contributed by atoms with E-state index in [1.54, 1.807) is 11.6 Å². The second-order valence-corrected chi connectivity index (χ2v) is 9.55. The lowest BCUT2D eigenvalue weighted by molar-refractivity contribution is 0.101. The van der Waals surface area contributed by atoms with Crippen LogP contribution in [0.4, 0.5) is 5.69 Å². The van der Waals surface area contributed by atoms with E-state index in [4.69, 9.17) is 0 Å². The lowest BCUT2D eigenvalue weighted by atomic mass is 10.0. The van der Waals surface area contributed by atoms with Gasteiger partial charge in [0.05, 0.1) is 0 Å². The molecule has 6 nitrogen and oxygen atoms in total. The fourth-order valence-corrected chi connectivity index (χ4v) is 5.33. The topological polar surface area (TPSA) is 71.4 Å². The van der Waals surface area contributed by atoms with Crippen molar-refractivity contribution >= 4 is 21.6 Å². The van der Waals surface area contributed by atoms with Crippen LogP contribution in [0.2, 0.25) is 0 Å². The number of nitrogens with one attached hydrogen (secondary N) is 1. The second-order valence-electron chi connectivity index (χ2n) is 7.61. The molecule has 0 unspecified atom stereocenters. The minimum atomic E-state index is -3.58. The van der Waals surface area contributed by atoms with Gasteiger partial charge in [0.25, 0.3) is 5.91 Å². The van der Waals surface area contributed by atoms with Crippen molar-refractivity contribution in [2.45, 2.75) is 38.5 Å². The van der Waals surface area contributed by atoms with Crippen molar-refractivity contribution in [3.05, 3.63) is 47.3 Å². The predicted molar refractivity (Wildman–Crippen MR) is 106 cm³/mol. The molecule has 0 spiro atoms. The zero-order valence-electron chi connectivity index (χ0n) is 16.3. The van der Waals surface area contributed by atoms with Crippen LogP contribution in [0.15, 0.2) is 35.4 Å². The first kappa shape index (κ1) is 19.6. The van der Waals surface area contributed by atoms with Crippen molar-refractivity contribution in [1.82, 2.24) is 8.87 Å². The summed E-state index contributed by atoms with van der Waals surface area (Å²) in [6.07, 6.45) is 3.43. The average Bonchev–Trinajstić information content (AvgIpc) is 2.96. The first-order valence-electron chi connectivity index (χ1n) is 9.23. The minimum Gasteiger partial charge on any atom is -0.345 e. The van der Waals surface area contributed by atoms with Crippen molar-refractivity contribution in [2.75, 3.05) is 18.4 Å². The summed E-state index contributed by atoms with van der Waals surface area (Å²) in [5, 5.41) is 2.86. The first-order chi connectivity index (χ1) is 12.7. The maximum atomic E-state index is 12.9. The largest absolute Gasteiger partial charge is 0.345 e. The Morgan fingerprint density at radius 2 is 1.81 bits per heavy atom. The van der Waals surface area contributed by atoms with Gasteiger partial charge in [0.2, 0.25) is 10.0 Å². The summed E-state index contributed by atoms with van der Waals surface area (Å²) in [7, 11) is -1.90. The van der Waals surface area contributed by atoms with Gasteiger partial charge in [-0.05, 0) is 61.9 Å². The molecule has 0 bridgehead atoms. The molecule has 0 radical (unpaired) electrons. The van der Waals surface area contributed by atoms with Gasteiger partial charge in [0.15, 0.2) is 0 Å². The van der Waals surface area contributed by atoms with Gasteiger partial charge in [-0.25, -0.2) is 8.42 Å². The van der Waals surface area contributed by atoms with Gasteiger partial charge in [-0.15, -0.1) is 0 Å². The van der Waals surface area contributed by atoms with Gasteiger partial charge < -0.3 is 9.88 Å². The normalized spacial score (nSPS) is 18.4. The molecule has 1 aliphatic rings. The Hall–Kier alpha value is -2.12. The van der Waals surface area contributed by atoms with Crippen molar-refractivity contribution in [3.63, 3.8) is 0 Å². The number of aryl methyl sites for hydroxylation is 3. The van der Waals surface area contributed by atoms with Crippen molar-refractivity contribution in [3.8, 4) is 0 Å². The summed E-state index contributed by atoms with van der Waals surface area (Å²) in [4.78, 5) is 12.9. The van der Waals surface area contributed by atoms with Crippen molar-refractivity contribution < 1.29 is 13.2 Å². The summed E-state index contributed by atoms with van der Waals surface area (Å²) in [6, 6.07) is 7.27. The molecule has 27 heavy (non-hydrogen) atoms. The molecule has 1 amide bonds. The Morgan fingerprint density at radius 3 is 2.44 bits per heavy atom. The molecule has 1 atom stereocenters. The Labute approximate surface area is 161 Å². The van der Waals surface area contributed by atoms with Crippen molar-refractivity contribution in [2.24, 2.45) is 13.0 Å². The van der Waals surface area contributed by atoms with E-state index in [2.05, 4.69) is 12.2 Å². The number of anilines is 1. The lowest BCUT2D eigenvalue weighted by Crippen LogP contribution is -2.38. The van der Waals surface area contributed by atoms with Crippen LogP contribution in [-0.2, 0) is 17.1 Å². The Morgan fingerprint density at radius 1 is 1.15 bits per heavy atom. The third-order valence-corrected chi connectivity index (χ3v) is 6.78. The van der Waals surface area contributed by atoms with E-state index in [9.17, 15) is 13.2 Å². The SMILES string of the molecule is Cc1cc(C)cc(NC(=O)c2cc(S(=O)(=O)N3CCC[C@@H](C)C3)cn2C)c1. The molecule has 2 heterocycles. The van der Waals surface area contributed by atoms with Crippen molar-refractivity contribution in [1.29, 1.82) is 0 Å². The second kappa shape index (κ2) is 7.48. The maximum absolute atomic E-state index is 12.9. The number of aromatic nitrogens is 1. The number of amides is 1. The van der Waals surface area contributed by atoms with Gasteiger partial charge in [0, 0.05) is 32.0 Å². The van der Waals surface area contributed by atoms with E-state index in [0.29, 0.717) is 30.4 Å². The fraction of sp³-hybridized carbons (Fsp3) is 0.450. The minimum absolute atomic E-state index is 0.171. The van der Waals surface area contributed by atoms with Gasteiger partial charge >= 0.3 is 0 Å². The van der Waals surface area contributed by atoms with Gasteiger partial charge in [-0.3, -0.25) is 4.79 Å². The highest BCUT2D eigenvalue weighted by Gasteiger charge is 2.30. The quantitative estimate of drug-likeness (QED) is 0.872. The third-order valence-electron chi connectivity index (χ3n) is 4.95. The summed E-state index contributed by atoms with van der Waals surface area (Å²) >= 11 is 0. The van der Waals surface area contributed by atoms with Crippen LogP contribution in [0.25, 0.3) is 0 Å². The lowest BCUT2D eigenvalue weighted by Gasteiger charge is -2.29. The maximum Gasteiger partial charge on any atom is 0.272 e. The highest BCUT2D eigenvalue weighted by molar-refractivity contribution is 7.89. The molecule has 1 aliphatic heterocycles. The molecule has 7 heteroatoms. The first-order valence-corrected chi connectivity index (χ1v) is 10.7. The molecular weight excluding hydrogens is 362 g/mol. The fourth-order valence-electron chi connectivity index (χ4n) is 3.66. The number of benzene rings is 1. The van der Waals surface area contributed by atoms with Crippen LogP contribution in [0.3, 0.4) is 0 Å². The number of piperidine rings is 1. The molecule has 0 aliphatic carbocycles. The molecule has 1 N–H and O–H groups in total. The van der Waals surface area contributed by atoms with E-state index in [0.717, 1.165) is 24.0 Å². The average molecular weight is 390 g/mol. The number of sulfonamides is 1. The highest BCUT2D eigenvalue weighted by atomic mass is 32.2. The summed E-state index contributed by atoms with van der Waals surface area (Å²) < 4.78 is 29.0. The van der Waals surface area contributed by atoms with Crippen LogP contribution in [0, 0.1) is 19.8 Å². The van der Waals surface area contributed by atoms with E-state index >= 15 is 0 Å². The molecule has 1 aromatic heterocycles. The molecule has 146 valence electrons. The molecule has 0 saturated carbocycles.